The van der Waals surface area contributed by atoms with Gasteiger partial charge in [-0.15, -0.1) is 0 Å². The van der Waals surface area contributed by atoms with Gasteiger partial charge in [0.15, 0.2) is 12.4 Å². The van der Waals surface area contributed by atoms with Crippen molar-refractivity contribution in [3.8, 4) is 5.75 Å². The van der Waals surface area contributed by atoms with Gasteiger partial charge in [-0.3, -0.25) is 9.59 Å². The zero-order valence-electron chi connectivity index (χ0n) is 14.8. The maximum absolute atomic E-state index is 12.1. The van der Waals surface area contributed by atoms with Gasteiger partial charge in [0.1, 0.15) is 11.3 Å². The summed E-state index contributed by atoms with van der Waals surface area (Å²) in [6, 6.07) is 12.7. The van der Waals surface area contributed by atoms with Gasteiger partial charge < -0.3 is 13.9 Å². The lowest BCUT2D eigenvalue weighted by atomic mass is 10.1. The van der Waals surface area contributed by atoms with Gasteiger partial charge in [-0.1, -0.05) is 31.2 Å². The molecule has 26 heavy (non-hydrogen) atoms. The Hall–Kier alpha value is -3.08. The number of Topliss-reactive ketones (excluding diaryl/α,β-unsaturated/α-hetero) is 1. The number of ether oxygens (including phenoxy) is 2. The van der Waals surface area contributed by atoms with Crippen molar-refractivity contribution in [1.82, 2.24) is 0 Å². The fourth-order valence-electron chi connectivity index (χ4n) is 2.69. The fraction of sp³-hybridized carbons (Fsp3) is 0.238. The molecule has 1 aromatic heterocycles. The number of hydrogen-bond acceptors (Lipinski definition) is 5. The van der Waals surface area contributed by atoms with Crippen LogP contribution in [0.1, 0.15) is 28.4 Å². The summed E-state index contributed by atoms with van der Waals surface area (Å²) in [4.78, 5) is 24.2. The molecule has 134 valence electrons. The Morgan fingerprint density at radius 1 is 1.08 bits per heavy atom. The maximum atomic E-state index is 12.1. The number of hydrogen-bond donors (Lipinski definition) is 0. The zero-order valence-corrected chi connectivity index (χ0v) is 14.8. The van der Waals surface area contributed by atoms with Gasteiger partial charge in [0.2, 0.25) is 0 Å². The van der Waals surface area contributed by atoms with Crippen molar-refractivity contribution in [2.24, 2.45) is 0 Å². The Balaban J connectivity index is 1.59. The number of furan rings is 1. The first-order valence-corrected chi connectivity index (χ1v) is 8.42. The summed E-state index contributed by atoms with van der Waals surface area (Å²) in [5.74, 6) is -0.00879. The van der Waals surface area contributed by atoms with E-state index in [1.807, 2.05) is 25.1 Å². The first-order chi connectivity index (χ1) is 12.6. The van der Waals surface area contributed by atoms with E-state index in [2.05, 4.69) is 0 Å². The second-order valence-electron chi connectivity index (χ2n) is 5.93. The van der Waals surface area contributed by atoms with Crippen molar-refractivity contribution in [2.75, 3.05) is 13.7 Å². The predicted molar refractivity (Wildman–Crippen MR) is 97.6 cm³/mol. The van der Waals surface area contributed by atoms with E-state index < -0.39 is 5.97 Å². The molecule has 2 aromatic carbocycles. The van der Waals surface area contributed by atoms with Crippen LogP contribution in [0.5, 0.6) is 5.75 Å². The van der Waals surface area contributed by atoms with Crippen LogP contribution in [0.2, 0.25) is 0 Å². The molecule has 0 aliphatic carbocycles. The standard InChI is InChI=1S/C21H20O5/c1-3-14-4-6-15(7-5-14)19(22)13-26-21(23)10-16-12-25-20-11-17(24-2)8-9-18(16)20/h4-9,11-12H,3,10,13H2,1-2H3. The maximum Gasteiger partial charge on any atom is 0.310 e. The Morgan fingerprint density at radius 3 is 2.54 bits per heavy atom. The number of aryl methyl sites for hydroxylation is 1. The normalized spacial score (nSPS) is 10.7. The van der Waals surface area contributed by atoms with E-state index in [0.29, 0.717) is 22.5 Å². The van der Waals surface area contributed by atoms with Gasteiger partial charge in [-0.05, 0) is 24.1 Å². The van der Waals surface area contributed by atoms with E-state index in [1.54, 1.807) is 31.4 Å². The van der Waals surface area contributed by atoms with Crippen LogP contribution in [0.3, 0.4) is 0 Å². The van der Waals surface area contributed by atoms with Gasteiger partial charge in [0.05, 0.1) is 19.8 Å². The van der Waals surface area contributed by atoms with Crippen LogP contribution in [-0.2, 0) is 22.4 Å². The summed E-state index contributed by atoms with van der Waals surface area (Å²) in [5.41, 5.74) is 3.05. The molecule has 0 spiro atoms. The highest BCUT2D eigenvalue weighted by Gasteiger charge is 2.14. The van der Waals surface area contributed by atoms with E-state index in [4.69, 9.17) is 13.9 Å². The lowest BCUT2D eigenvalue weighted by molar-refractivity contribution is -0.141. The van der Waals surface area contributed by atoms with E-state index in [1.165, 1.54) is 6.26 Å². The van der Waals surface area contributed by atoms with Crippen LogP contribution < -0.4 is 4.74 Å². The third kappa shape index (κ3) is 3.94. The van der Waals surface area contributed by atoms with Crippen molar-refractivity contribution < 1.29 is 23.5 Å². The Labute approximate surface area is 151 Å². The first-order valence-electron chi connectivity index (χ1n) is 8.42. The number of benzene rings is 2. The van der Waals surface area contributed by atoms with Crippen molar-refractivity contribution in [1.29, 1.82) is 0 Å². The van der Waals surface area contributed by atoms with Crippen LogP contribution in [-0.4, -0.2) is 25.5 Å². The molecular weight excluding hydrogens is 332 g/mol. The molecule has 0 amide bonds. The summed E-state index contributed by atoms with van der Waals surface area (Å²) in [6.45, 7) is 1.78. The van der Waals surface area contributed by atoms with E-state index in [-0.39, 0.29) is 18.8 Å². The van der Waals surface area contributed by atoms with Crippen LogP contribution in [0, 0.1) is 0 Å². The highest BCUT2D eigenvalue weighted by molar-refractivity contribution is 5.98. The minimum atomic E-state index is -0.470. The molecule has 0 saturated carbocycles. The van der Waals surface area contributed by atoms with Gasteiger partial charge in [0, 0.05) is 22.6 Å². The van der Waals surface area contributed by atoms with Crippen LogP contribution in [0.15, 0.2) is 53.1 Å². The molecule has 0 radical (unpaired) electrons. The fourth-order valence-corrected chi connectivity index (χ4v) is 2.69. The molecule has 0 fully saturated rings. The van der Waals surface area contributed by atoms with Crippen LogP contribution >= 0.6 is 0 Å². The molecule has 5 heteroatoms. The number of carbonyl (C=O) groups is 2. The quantitative estimate of drug-likeness (QED) is 0.475. The van der Waals surface area contributed by atoms with Gasteiger partial charge in [-0.25, -0.2) is 0 Å². The van der Waals surface area contributed by atoms with E-state index in [0.717, 1.165) is 17.4 Å². The summed E-state index contributed by atoms with van der Waals surface area (Å²) in [7, 11) is 1.58. The summed E-state index contributed by atoms with van der Waals surface area (Å²) >= 11 is 0. The van der Waals surface area contributed by atoms with Gasteiger partial charge in [0.25, 0.3) is 0 Å². The number of carbonyl (C=O) groups excluding carboxylic acids is 2. The number of esters is 1. The first kappa shape index (κ1) is 17.7. The highest BCUT2D eigenvalue weighted by Crippen LogP contribution is 2.26. The van der Waals surface area contributed by atoms with Gasteiger partial charge >= 0.3 is 5.97 Å². The van der Waals surface area contributed by atoms with Crippen molar-refractivity contribution in [3.63, 3.8) is 0 Å². The molecule has 3 aromatic rings. The zero-order chi connectivity index (χ0) is 18.5. The number of fused-ring (bicyclic) bond motifs is 1. The third-order valence-electron chi connectivity index (χ3n) is 4.25. The molecular formula is C21H20O5. The van der Waals surface area contributed by atoms with Crippen molar-refractivity contribution >= 4 is 22.7 Å². The molecule has 0 unspecified atom stereocenters. The SMILES string of the molecule is CCc1ccc(C(=O)COC(=O)Cc2coc3cc(OC)ccc23)cc1. The molecule has 0 saturated heterocycles. The average Bonchev–Trinajstić information content (AvgIpc) is 3.08. The monoisotopic (exact) mass is 352 g/mol. The largest absolute Gasteiger partial charge is 0.497 e. The molecule has 0 aliphatic heterocycles. The molecule has 1 heterocycles. The van der Waals surface area contributed by atoms with Crippen molar-refractivity contribution in [3.05, 3.63) is 65.4 Å². The molecule has 3 rings (SSSR count). The van der Waals surface area contributed by atoms with E-state index >= 15 is 0 Å². The molecule has 5 nitrogen and oxygen atoms in total. The summed E-state index contributed by atoms with van der Waals surface area (Å²) < 4.78 is 15.7. The van der Waals surface area contributed by atoms with Crippen molar-refractivity contribution in [2.45, 2.75) is 19.8 Å². The topological polar surface area (TPSA) is 65.7 Å². The molecule has 0 aliphatic rings. The number of methoxy groups -OCH3 is 1. The van der Waals surface area contributed by atoms with Crippen LogP contribution in [0.25, 0.3) is 11.0 Å². The number of rotatable bonds is 7. The number of ketones is 1. The van der Waals surface area contributed by atoms with E-state index in [9.17, 15) is 9.59 Å². The van der Waals surface area contributed by atoms with Crippen LogP contribution in [0.4, 0.5) is 0 Å². The molecule has 0 bridgehead atoms. The Kier molecular flexibility index (Phi) is 5.37. The average molecular weight is 352 g/mol. The second kappa shape index (κ2) is 7.87. The predicted octanol–water partition coefficient (Wildman–Crippen LogP) is 3.97. The molecule has 0 atom stereocenters. The Bertz CT molecular complexity index is 921. The molecule has 0 N–H and O–H groups in total. The highest BCUT2D eigenvalue weighted by atomic mass is 16.5. The summed E-state index contributed by atoms with van der Waals surface area (Å²) in [5, 5.41) is 0.823. The Morgan fingerprint density at radius 2 is 1.85 bits per heavy atom. The smallest absolute Gasteiger partial charge is 0.310 e. The second-order valence-corrected chi connectivity index (χ2v) is 5.93. The summed E-state index contributed by atoms with van der Waals surface area (Å²) in [6.07, 6.45) is 2.48. The lowest BCUT2D eigenvalue weighted by Crippen LogP contribution is -2.15. The third-order valence-corrected chi connectivity index (χ3v) is 4.25. The van der Waals surface area contributed by atoms with Gasteiger partial charge in [-0.2, -0.15) is 0 Å². The minimum Gasteiger partial charge on any atom is -0.497 e. The lowest BCUT2D eigenvalue weighted by Gasteiger charge is -2.05. The minimum absolute atomic E-state index is 0.0430.